The van der Waals surface area contributed by atoms with Gasteiger partial charge in [-0.15, -0.1) is 0 Å². The Bertz CT molecular complexity index is 656. The fourth-order valence-electron chi connectivity index (χ4n) is 2.66. The van der Waals surface area contributed by atoms with Gasteiger partial charge in [0, 0.05) is 23.7 Å². The minimum Gasteiger partial charge on any atom is -0.497 e. The summed E-state index contributed by atoms with van der Waals surface area (Å²) in [6.07, 6.45) is 9.10. The van der Waals surface area contributed by atoms with Gasteiger partial charge >= 0.3 is 0 Å². The minimum atomic E-state index is 0.275. The molecule has 1 aliphatic heterocycles. The van der Waals surface area contributed by atoms with Crippen molar-refractivity contribution in [2.45, 2.75) is 13.0 Å². The average Bonchev–Trinajstić information content (AvgIpc) is 2.95. The van der Waals surface area contributed by atoms with Gasteiger partial charge in [0.05, 0.1) is 12.8 Å². The van der Waals surface area contributed by atoms with E-state index in [1.165, 1.54) is 11.1 Å². The number of aliphatic imine (C=N–C) groups is 1. The fourth-order valence-corrected chi connectivity index (χ4v) is 2.78. The molecule has 2 aliphatic rings. The molecule has 1 atom stereocenters. The molecule has 1 heterocycles. The van der Waals surface area contributed by atoms with E-state index in [0.717, 1.165) is 36.0 Å². The molecule has 0 radical (unpaired) electrons. The normalized spacial score (nSPS) is 19.4. The van der Waals surface area contributed by atoms with Crippen LogP contribution in [0.15, 0.2) is 65.0 Å². The molecule has 4 heteroatoms. The number of methoxy groups -OCH3 is 1. The molecule has 3 rings (SSSR count). The summed E-state index contributed by atoms with van der Waals surface area (Å²) in [6, 6.07) is 7.93. The Morgan fingerprint density at radius 3 is 2.82 bits per heavy atom. The second kappa shape index (κ2) is 6.95. The molecule has 22 heavy (non-hydrogen) atoms. The highest BCUT2D eigenvalue weighted by Crippen LogP contribution is 2.29. The number of halogens is 1. The SMILES string of the molecule is COC1=C[C@H]2C(CCNCc3ccc(Cl)cc3)=CN=C2C=C1. The lowest BCUT2D eigenvalue weighted by molar-refractivity contribution is 0.304. The van der Waals surface area contributed by atoms with Crippen molar-refractivity contribution in [2.24, 2.45) is 10.9 Å². The van der Waals surface area contributed by atoms with Gasteiger partial charge in [-0.2, -0.15) is 0 Å². The van der Waals surface area contributed by atoms with Gasteiger partial charge in [-0.1, -0.05) is 23.7 Å². The number of nitrogens with one attached hydrogen (secondary N) is 1. The summed E-state index contributed by atoms with van der Waals surface area (Å²) in [4.78, 5) is 4.48. The van der Waals surface area contributed by atoms with Crippen molar-refractivity contribution in [3.05, 3.63) is 70.6 Å². The van der Waals surface area contributed by atoms with Crippen LogP contribution in [-0.4, -0.2) is 19.4 Å². The van der Waals surface area contributed by atoms with E-state index in [2.05, 4.69) is 16.4 Å². The molecule has 1 aromatic carbocycles. The van der Waals surface area contributed by atoms with E-state index in [1.807, 2.05) is 42.6 Å². The summed E-state index contributed by atoms with van der Waals surface area (Å²) in [5.74, 6) is 1.18. The summed E-state index contributed by atoms with van der Waals surface area (Å²) < 4.78 is 5.31. The van der Waals surface area contributed by atoms with Crippen molar-refractivity contribution in [3.63, 3.8) is 0 Å². The Morgan fingerprint density at radius 1 is 1.23 bits per heavy atom. The van der Waals surface area contributed by atoms with Crippen molar-refractivity contribution in [1.29, 1.82) is 0 Å². The van der Waals surface area contributed by atoms with Crippen LogP contribution in [0.25, 0.3) is 0 Å². The molecular formula is C18H19ClN2O. The fraction of sp³-hybridized carbons (Fsp3) is 0.278. The molecule has 0 spiro atoms. The number of hydrogen-bond donors (Lipinski definition) is 1. The van der Waals surface area contributed by atoms with Gasteiger partial charge in [-0.05, 0) is 54.5 Å². The molecule has 0 fully saturated rings. The van der Waals surface area contributed by atoms with Crippen molar-refractivity contribution >= 4 is 17.3 Å². The molecule has 1 N–H and O–H groups in total. The maximum Gasteiger partial charge on any atom is 0.115 e. The second-order valence-corrected chi connectivity index (χ2v) is 5.83. The summed E-state index contributed by atoms with van der Waals surface area (Å²) in [7, 11) is 1.70. The third kappa shape index (κ3) is 3.49. The first kappa shape index (κ1) is 15.1. The van der Waals surface area contributed by atoms with Gasteiger partial charge in [0.25, 0.3) is 0 Å². The highest BCUT2D eigenvalue weighted by molar-refractivity contribution is 6.30. The first-order valence-corrected chi connectivity index (χ1v) is 7.80. The van der Waals surface area contributed by atoms with Crippen LogP contribution in [0.3, 0.4) is 0 Å². The summed E-state index contributed by atoms with van der Waals surface area (Å²) in [5, 5.41) is 4.24. The van der Waals surface area contributed by atoms with E-state index in [-0.39, 0.29) is 5.92 Å². The standard InChI is InChI=1S/C18H19ClN2O/c1-22-16-6-7-18-17(10-16)14(12-21-18)8-9-20-11-13-2-4-15(19)5-3-13/h2-7,10,12,17,20H,8-9,11H2,1H3/t17-/m0/s1. The van der Waals surface area contributed by atoms with Gasteiger partial charge < -0.3 is 10.1 Å². The van der Waals surface area contributed by atoms with Crippen LogP contribution in [-0.2, 0) is 11.3 Å². The summed E-state index contributed by atoms with van der Waals surface area (Å²) >= 11 is 5.89. The lowest BCUT2D eigenvalue weighted by atomic mass is 9.90. The lowest BCUT2D eigenvalue weighted by Crippen LogP contribution is -2.19. The number of rotatable bonds is 6. The minimum absolute atomic E-state index is 0.275. The zero-order chi connectivity index (χ0) is 15.4. The first-order valence-electron chi connectivity index (χ1n) is 7.42. The molecule has 0 bridgehead atoms. The Balaban J connectivity index is 1.48. The highest BCUT2D eigenvalue weighted by atomic mass is 35.5. The third-order valence-corrected chi connectivity index (χ3v) is 4.17. The maximum absolute atomic E-state index is 5.89. The lowest BCUT2D eigenvalue weighted by Gasteiger charge is -2.17. The van der Waals surface area contributed by atoms with Crippen LogP contribution in [0.5, 0.6) is 0 Å². The zero-order valence-electron chi connectivity index (χ0n) is 12.6. The van der Waals surface area contributed by atoms with Crippen LogP contribution in [0.1, 0.15) is 12.0 Å². The molecule has 3 nitrogen and oxygen atoms in total. The third-order valence-electron chi connectivity index (χ3n) is 3.92. The van der Waals surface area contributed by atoms with E-state index >= 15 is 0 Å². The van der Waals surface area contributed by atoms with Gasteiger partial charge in [0.1, 0.15) is 5.76 Å². The highest BCUT2D eigenvalue weighted by Gasteiger charge is 2.24. The molecule has 0 unspecified atom stereocenters. The van der Waals surface area contributed by atoms with E-state index in [9.17, 15) is 0 Å². The molecule has 0 saturated carbocycles. The first-order chi connectivity index (χ1) is 10.8. The smallest absolute Gasteiger partial charge is 0.115 e. The largest absolute Gasteiger partial charge is 0.497 e. The van der Waals surface area contributed by atoms with Gasteiger partial charge in [0.15, 0.2) is 0 Å². The van der Waals surface area contributed by atoms with Gasteiger partial charge in [-0.3, -0.25) is 4.99 Å². The predicted octanol–water partition coefficient (Wildman–Crippen LogP) is 3.87. The summed E-state index contributed by atoms with van der Waals surface area (Å²) in [5.41, 5.74) is 3.68. The quantitative estimate of drug-likeness (QED) is 0.809. The van der Waals surface area contributed by atoms with Crippen LogP contribution >= 0.6 is 11.6 Å². The zero-order valence-corrected chi connectivity index (χ0v) is 13.3. The maximum atomic E-state index is 5.89. The average molecular weight is 315 g/mol. The van der Waals surface area contributed by atoms with E-state index in [0.29, 0.717) is 0 Å². The van der Waals surface area contributed by atoms with Crippen LogP contribution < -0.4 is 5.32 Å². The van der Waals surface area contributed by atoms with Crippen molar-refractivity contribution < 1.29 is 4.74 Å². The number of ether oxygens (including phenoxy) is 1. The Morgan fingerprint density at radius 2 is 2.05 bits per heavy atom. The van der Waals surface area contributed by atoms with Crippen LogP contribution in [0.4, 0.5) is 0 Å². The van der Waals surface area contributed by atoms with E-state index in [4.69, 9.17) is 16.3 Å². The molecular weight excluding hydrogens is 296 g/mol. The number of fused-ring (bicyclic) bond motifs is 1. The molecule has 0 saturated heterocycles. The molecule has 114 valence electrons. The van der Waals surface area contributed by atoms with Crippen molar-refractivity contribution in [1.82, 2.24) is 5.32 Å². The van der Waals surface area contributed by atoms with Crippen molar-refractivity contribution in [3.8, 4) is 0 Å². The number of allylic oxidation sites excluding steroid dienone is 3. The Kier molecular flexibility index (Phi) is 4.76. The van der Waals surface area contributed by atoms with Crippen LogP contribution in [0.2, 0.25) is 5.02 Å². The Labute approximate surface area is 136 Å². The number of hydrogen-bond acceptors (Lipinski definition) is 3. The molecule has 1 aromatic rings. The molecule has 0 amide bonds. The molecule has 1 aliphatic carbocycles. The Hall–Kier alpha value is -1.84. The number of benzene rings is 1. The number of nitrogens with zero attached hydrogens (tertiary/aromatic N) is 1. The van der Waals surface area contributed by atoms with Gasteiger partial charge in [0.2, 0.25) is 0 Å². The predicted molar refractivity (Wildman–Crippen MR) is 91.0 cm³/mol. The molecule has 0 aromatic heterocycles. The van der Waals surface area contributed by atoms with Crippen LogP contribution in [0, 0.1) is 5.92 Å². The second-order valence-electron chi connectivity index (χ2n) is 5.40. The monoisotopic (exact) mass is 314 g/mol. The van der Waals surface area contributed by atoms with Crippen molar-refractivity contribution in [2.75, 3.05) is 13.7 Å². The van der Waals surface area contributed by atoms with Gasteiger partial charge in [-0.25, -0.2) is 0 Å². The van der Waals surface area contributed by atoms with E-state index < -0.39 is 0 Å². The summed E-state index contributed by atoms with van der Waals surface area (Å²) in [6.45, 7) is 1.77. The van der Waals surface area contributed by atoms with E-state index in [1.54, 1.807) is 7.11 Å². The topological polar surface area (TPSA) is 33.6 Å².